The molecule has 0 aliphatic rings. The number of hydrogen-bond donors (Lipinski definition) is 2. The predicted molar refractivity (Wildman–Crippen MR) is 64.1 cm³/mol. The lowest BCUT2D eigenvalue weighted by Gasteiger charge is -2.11. The molecular formula is C11H8ClF3N2O. The number of H-pyrrole nitrogens is 1. The largest absolute Gasteiger partial charge is 0.405 e. The molecule has 1 heterocycles. The van der Waals surface area contributed by atoms with Crippen LogP contribution in [0.15, 0.2) is 29.1 Å². The van der Waals surface area contributed by atoms with Gasteiger partial charge in [0.1, 0.15) is 17.4 Å². The molecule has 1 aromatic carbocycles. The number of halogens is 4. The highest BCUT2D eigenvalue weighted by Crippen LogP contribution is 2.22. The van der Waals surface area contributed by atoms with E-state index in [4.69, 9.17) is 11.6 Å². The third-order valence-corrected chi connectivity index (χ3v) is 2.68. The second-order valence-corrected chi connectivity index (χ2v) is 4.04. The van der Waals surface area contributed by atoms with E-state index >= 15 is 0 Å². The summed E-state index contributed by atoms with van der Waals surface area (Å²) < 4.78 is 36.3. The van der Waals surface area contributed by atoms with Crippen molar-refractivity contribution >= 4 is 28.3 Å². The van der Waals surface area contributed by atoms with Crippen molar-refractivity contribution in [3.8, 4) is 0 Å². The van der Waals surface area contributed by atoms with Crippen LogP contribution in [0.5, 0.6) is 0 Å². The Balaban J connectivity index is 2.46. The number of alkyl halides is 3. The van der Waals surface area contributed by atoms with Crippen LogP contribution in [-0.2, 0) is 0 Å². The van der Waals surface area contributed by atoms with E-state index in [0.29, 0.717) is 10.9 Å². The molecule has 3 nitrogen and oxygen atoms in total. The summed E-state index contributed by atoms with van der Waals surface area (Å²) in [7, 11) is 0. The van der Waals surface area contributed by atoms with Crippen molar-refractivity contribution in [2.24, 2.45) is 0 Å². The van der Waals surface area contributed by atoms with E-state index in [9.17, 15) is 18.0 Å². The lowest BCUT2D eigenvalue weighted by molar-refractivity contribution is -0.115. The first-order valence-electron chi connectivity index (χ1n) is 4.99. The molecule has 0 unspecified atom stereocenters. The Morgan fingerprint density at radius 3 is 2.61 bits per heavy atom. The maximum absolute atomic E-state index is 12.1. The molecule has 2 rings (SSSR count). The smallest absolute Gasteiger partial charge is 0.361 e. The van der Waals surface area contributed by atoms with E-state index in [2.05, 4.69) is 10.3 Å². The summed E-state index contributed by atoms with van der Waals surface area (Å²) in [6.07, 6.45) is -4.38. The van der Waals surface area contributed by atoms with Gasteiger partial charge in [0.15, 0.2) is 0 Å². The lowest BCUT2D eigenvalue weighted by Crippen LogP contribution is -2.23. The van der Waals surface area contributed by atoms with Crippen molar-refractivity contribution in [3.63, 3.8) is 0 Å². The molecule has 0 radical (unpaired) electrons. The molecule has 0 atom stereocenters. The third-order valence-electron chi connectivity index (χ3n) is 2.32. The van der Waals surface area contributed by atoms with Gasteiger partial charge in [-0.1, -0.05) is 23.7 Å². The third kappa shape index (κ3) is 2.59. The van der Waals surface area contributed by atoms with Crippen molar-refractivity contribution < 1.29 is 13.2 Å². The summed E-state index contributed by atoms with van der Waals surface area (Å²) in [6, 6.07) is 6.45. The summed E-state index contributed by atoms with van der Waals surface area (Å²) in [6.45, 7) is -1.26. The normalized spacial score (nSPS) is 11.8. The molecule has 2 aromatic rings. The van der Waals surface area contributed by atoms with Crippen LogP contribution in [0.4, 0.5) is 19.0 Å². The molecular weight excluding hydrogens is 269 g/mol. The molecule has 0 aliphatic heterocycles. The molecule has 1 aromatic heterocycles. The summed E-state index contributed by atoms with van der Waals surface area (Å²) in [4.78, 5) is 14.5. The van der Waals surface area contributed by atoms with Gasteiger partial charge in [0.25, 0.3) is 0 Å². The van der Waals surface area contributed by atoms with Gasteiger partial charge >= 0.3 is 6.18 Å². The number of pyridine rings is 1. The lowest BCUT2D eigenvalue weighted by atomic mass is 10.2. The van der Waals surface area contributed by atoms with Crippen LogP contribution >= 0.6 is 11.6 Å². The van der Waals surface area contributed by atoms with Gasteiger partial charge in [0.05, 0.1) is 5.52 Å². The first-order valence-corrected chi connectivity index (χ1v) is 5.37. The van der Waals surface area contributed by atoms with Crippen molar-refractivity contribution in [1.29, 1.82) is 0 Å². The van der Waals surface area contributed by atoms with E-state index in [1.807, 2.05) is 0 Å². The first-order chi connectivity index (χ1) is 8.38. The Hall–Kier alpha value is -1.69. The number of benzene rings is 1. The molecule has 2 N–H and O–H groups in total. The van der Waals surface area contributed by atoms with Crippen LogP contribution in [0.25, 0.3) is 10.9 Å². The second kappa shape index (κ2) is 4.53. The second-order valence-electron chi connectivity index (χ2n) is 3.66. The zero-order valence-corrected chi connectivity index (χ0v) is 9.69. The monoisotopic (exact) mass is 276 g/mol. The number of anilines is 1. The molecule has 0 saturated carbocycles. The van der Waals surface area contributed by atoms with E-state index < -0.39 is 18.1 Å². The van der Waals surface area contributed by atoms with Crippen LogP contribution in [0.2, 0.25) is 5.02 Å². The fraction of sp³-hybridized carbons (Fsp3) is 0.182. The number of aromatic amines is 1. The summed E-state index contributed by atoms with van der Waals surface area (Å²) >= 11 is 5.73. The zero-order valence-electron chi connectivity index (χ0n) is 8.94. The van der Waals surface area contributed by atoms with E-state index in [-0.39, 0.29) is 10.8 Å². The molecule has 96 valence electrons. The molecule has 0 saturated heterocycles. The average molecular weight is 277 g/mol. The van der Waals surface area contributed by atoms with Gasteiger partial charge in [0, 0.05) is 5.39 Å². The number of aromatic nitrogens is 1. The van der Waals surface area contributed by atoms with Crippen molar-refractivity contribution in [3.05, 3.63) is 39.5 Å². The number of rotatable bonds is 2. The fourth-order valence-corrected chi connectivity index (χ4v) is 1.74. The van der Waals surface area contributed by atoms with Gasteiger partial charge < -0.3 is 10.3 Å². The van der Waals surface area contributed by atoms with E-state index in [0.717, 1.165) is 0 Å². The Kier molecular flexibility index (Phi) is 3.21. The van der Waals surface area contributed by atoms with Crippen LogP contribution in [0.1, 0.15) is 0 Å². The van der Waals surface area contributed by atoms with Crippen molar-refractivity contribution in [2.45, 2.75) is 6.18 Å². The summed E-state index contributed by atoms with van der Waals surface area (Å²) in [5, 5.41) is 2.13. The van der Waals surface area contributed by atoms with E-state index in [1.54, 1.807) is 24.3 Å². The summed E-state index contributed by atoms with van der Waals surface area (Å²) in [5.74, 6) is -0.127. The van der Waals surface area contributed by atoms with E-state index in [1.165, 1.54) is 0 Å². The maximum atomic E-state index is 12.1. The minimum Gasteiger partial charge on any atom is -0.361 e. The van der Waals surface area contributed by atoms with Gasteiger partial charge in [-0.05, 0) is 12.1 Å². The fourth-order valence-electron chi connectivity index (χ4n) is 1.52. The molecule has 18 heavy (non-hydrogen) atoms. The van der Waals surface area contributed by atoms with Crippen LogP contribution in [0.3, 0.4) is 0 Å². The quantitative estimate of drug-likeness (QED) is 0.885. The van der Waals surface area contributed by atoms with Gasteiger partial charge in [-0.15, -0.1) is 0 Å². The minimum absolute atomic E-state index is 0.127. The Labute approximate surface area is 105 Å². The molecule has 0 bridgehead atoms. The number of fused-ring (bicyclic) bond motifs is 1. The van der Waals surface area contributed by atoms with Gasteiger partial charge in [-0.25, -0.2) is 0 Å². The molecule has 7 heteroatoms. The van der Waals surface area contributed by atoms with Crippen LogP contribution in [0, 0.1) is 0 Å². The standard InChI is InChI=1S/C11H8ClF3N2O/c12-8-9(18)6-3-1-2-4-7(6)17-10(8)16-5-11(13,14)15/h1-4H,5H2,(H2,16,17,18). The maximum Gasteiger partial charge on any atom is 0.405 e. The van der Waals surface area contributed by atoms with Crippen molar-refractivity contribution in [1.82, 2.24) is 4.98 Å². The predicted octanol–water partition coefficient (Wildman–Crippen LogP) is 3.16. The molecule has 0 aliphatic carbocycles. The highest BCUT2D eigenvalue weighted by molar-refractivity contribution is 6.33. The molecule has 0 spiro atoms. The number of hydrogen-bond acceptors (Lipinski definition) is 2. The highest BCUT2D eigenvalue weighted by atomic mass is 35.5. The number of nitrogens with one attached hydrogen (secondary N) is 2. The van der Waals surface area contributed by atoms with Gasteiger partial charge in [0.2, 0.25) is 5.43 Å². The number of para-hydroxylation sites is 1. The first kappa shape index (κ1) is 12.8. The SMILES string of the molecule is O=c1c(Cl)c(NCC(F)(F)F)[nH]c2ccccc12. The minimum atomic E-state index is -4.38. The highest BCUT2D eigenvalue weighted by Gasteiger charge is 2.27. The Morgan fingerprint density at radius 1 is 1.28 bits per heavy atom. The average Bonchev–Trinajstić information content (AvgIpc) is 2.31. The van der Waals surface area contributed by atoms with Crippen LogP contribution < -0.4 is 10.7 Å². The topological polar surface area (TPSA) is 44.9 Å². The van der Waals surface area contributed by atoms with Gasteiger partial charge in [-0.3, -0.25) is 4.79 Å². The van der Waals surface area contributed by atoms with Crippen molar-refractivity contribution in [2.75, 3.05) is 11.9 Å². The Bertz CT molecular complexity index is 636. The Morgan fingerprint density at radius 2 is 1.94 bits per heavy atom. The molecule has 0 amide bonds. The molecule has 0 fully saturated rings. The van der Waals surface area contributed by atoms with Crippen LogP contribution in [-0.4, -0.2) is 17.7 Å². The van der Waals surface area contributed by atoms with Gasteiger partial charge in [-0.2, -0.15) is 13.2 Å². The zero-order chi connectivity index (χ0) is 13.3. The summed E-state index contributed by atoms with van der Waals surface area (Å²) in [5.41, 5.74) is -0.0766.